The van der Waals surface area contributed by atoms with Crippen molar-refractivity contribution in [3.63, 3.8) is 0 Å². The summed E-state index contributed by atoms with van der Waals surface area (Å²) in [5.74, 6) is -0.744. The zero-order valence-corrected chi connectivity index (χ0v) is 21.0. The fourth-order valence-electron chi connectivity index (χ4n) is 4.93. The van der Waals surface area contributed by atoms with Crippen LogP contribution in [0, 0.1) is 0 Å². The number of hydrogen-bond acceptors (Lipinski definition) is 5. The molecule has 2 aliphatic rings. The Hall–Kier alpha value is -3.65. The topological polar surface area (TPSA) is 91.4 Å². The Morgan fingerprint density at radius 1 is 1.00 bits per heavy atom. The summed E-state index contributed by atoms with van der Waals surface area (Å²) >= 11 is 1.61. The third-order valence-corrected chi connectivity index (χ3v) is 8.21. The summed E-state index contributed by atoms with van der Waals surface area (Å²) in [5, 5.41) is 5.71. The van der Waals surface area contributed by atoms with Gasteiger partial charge in [-0.05, 0) is 48.7 Å². The van der Waals surface area contributed by atoms with Crippen LogP contribution < -0.4 is 10.6 Å². The zero-order valence-electron chi connectivity index (χ0n) is 20.2. The Labute approximate surface area is 214 Å². The second kappa shape index (κ2) is 9.78. The molecule has 0 spiro atoms. The maximum Gasteiger partial charge on any atom is 0.256 e. The van der Waals surface area contributed by atoms with Gasteiger partial charge in [0.2, 0.25) is 11.8 Å². The van der Waals surface area contributed by atoms with E-state index in [0.717, 1.165) is 16.7 Å². The van der Waals surface area contributed by atoms with Gasteiger partial charge in [0, 0.05) is 35.7 Å². The average molecular weight is 501 g/mol. The first kappa shape index (κ1) is 24.1. The van der Waals surface area contributed by atoms with Crippen LogP contribution in [-0.2, 0) is 22.6 Å². The van der Waals surface area contributed by atoms with E-state index in [1.54, 1.807) is 29.1 Å². The number of amides is 3. The fraction of sp³-hybridized carbons (Fsp3) is 0.286. The highest BCUT2D eigenvalue weighted by Crippen LogP contribution is 2.56. The van der Waals surface area contributed by atoms with Gasteiger partial charge >= 0.3 is 0 Å². The number of carbonyl (C=O) groups is 3. The predicted molar refractivity (Wildman–Crippen MR) is 139 cm³/mol. The van der Waals surface area contributed by atoms with Gasteiger partial charge in [0.25, 0.3) is 5.91 Å². The van der Waals surface area contributed by atoms with E-state index in [2.05, 4.69) is 15.6 Å². The van der Waals surface area contributed by atoms with Crippen LogP contribution in [0.2, 0.25) is 0 Å². The van der Waals surface area contributed by atoms with Gasteiger partial charge in [-0.15, -0.1) is 11.8 Å². The van der Waals surface area contributed by atoms with Crippen LogP contribution in [0.3, 0.4) is 0 Å². The van der Waals surface area contributed by atoms with Crippen molar-refractivity contribution in [2.24, 2.45) is 0 Å². The van der Waals surface area contributed by atoms with E-state index in [9.17, 15) is 14.4 Å². The number of nitrogens with one attached hydrogen (secondary N) is 2. The first-order valence-electron chi connectivity index (χ1n) is 12.0. The molecule has 3 aromatic rings. The van der Waals surface area contributed by atoms with E-state index in [1.165, 1.54) is 0 Å². The van der Waals surface area contributed by atoms with Gasteiger partial charge in [0.15, 0.2) is 0 Å². The quantitative estimate of drug-likeness (QED) is 0.518. The van der Waals surface area contributed by atoms with E-state index in [-0.39, 0.29) is 23.1 Å². The number of carbonyl (C=O) groups excluding carboxylic acids is 3. The van der Waals surface area contributed by atoms with E-state index < -0.39 is 16.8 Å². The molecule has 184 valence electrons. The average Bonchev–Trinajstić information content (AvgIpc) is 3.32. The van der Waals surface area contributed by atoms with E-state index in [4.69, 9.17) is 0 Å². The Balaban J connectivity index is 1.37. The van der Waals surface area contributed by atoms with Gasteiger partial charge in [0.1, 0.15) is 17.5 Å². The monoisotopic (exact) mass is 500 g/mol. The van der Waals surface area contributed by atoms with Crippen molar-refractivity contribution < 1.29 is 14.4 Å². The second-order valence-electron chi connectivity index (χ2n) is 9.60. The highest BCUT2D eigenvalue weighted by molar-refractivity contribution is 8.01. The normalized spacial score (nSPS) is 20.4. The molecule has 36 heavy (non-hydrogen) atoms. The van der Waals surface area contributed by atoms with E-state index in [0.29, 0.717) is 18.5 Å². The molecule has 0 saturated carbocycles. The second-order valence-corrected chi connectivity index (χ2v) is 11.3. The molecule has 0 aliphatic carbocycles. The molecule has 1 fully saturated rings. The van der Waals surface area contributed by atoms with Crippen LogP contribution >= 0.6 is 11.8 Å². The smallest absolute Gasteiger partial charge is 0.256 e. The first-order valence-corrected chi connectivity index (χ1v) is 12.8. The lowest BCUT2D eigenvalue weighted by atomic mass is 9.99. The molecule has 7 nitrogen and oxygen atoms in total. The van der Waals surface area contributed by atoms with Gasteiger partial charge in [-0.25, -0.2) is 0 Å². The molecule has 2 aliphatic heterocycles. The van der Waals surface area contributed by atoms with Gasteiger partial charge in [-0.1, -0.05) is 48.5 Å². The molecule has 3 heterocycles. The molecule has 5 rings (SSSR count). The summed E-state index contributed by atoms with van der Waals surface area (Å²) in [5.41, 5.74) is 3.43. The first-order chi connectivity index (χ1) is 17.3. The minimum absolute atomic E-state index is 0.143. The maximum atomic E-state index is 13.8. The lowest BCUT2D eigenvalue weighted by molar-refractivity contribution is -0.131. The Morgan fingerprint density at radius 2 is 1.69 bits per heavy atom. The summed E-state index contributed by atoms with van der Waals surface area (Å²) in [7, 11) is 0. The van der Waals surface area contributed by atoms with Crippen molar-refractivity contribution in [1.82, 2.24) is 20.5 Å². The van der Waals surface area contributed by atoms with E-state index in [1.807, 2.05) is 80.6 Å². The molecule has 2 aromatic carbocycles. The Bertz CT molecular complexity index is 1280. The maximum absolute atomic E-state index is 13.8. The number of thioether (sulfide) groups is 1. The largest absolute Gasteiger partial charge is 0.350 e. The summed E-state index contributed by atoms with van der Waals surface area (Å²) in [6.07, 6.45) is 3.69. The van der Waals surface area contributed by atoms with Crippen LogP contribution in [0.25, 0.3) is 0 Å². The molecule has 1 saturated heterocycles. The van der Waals surface area contributed by atoms with Crippen LogP contribution in [0.1, 0.15) is 46.3 Å². The molecule has 2 N–H and O–H groups in total. The third kappa shape index (κ3) is 4.60. The molecule has 0 unspecified atom stereocenters. The minimum Gasteiger partial charge on any atom is -0.350 e. The summed E-state index contributed by atoms with van der Waals surface area (Å²) in [6.45, 7) is 4.28. The number of aromatic nitrogens is 1. The number of nitrogens with zero attached hydrogens (tertiary/aromatic N) is 2. The number of benzene rings is 2. The molecule has 1 aromatic heterocycles. The van der Waals surface area contributed by atoms with Crippen LogP contribution in [0.5, 0.6) is 0 Å². The van der Waals surface area contributed by atoms with Crippen LogP contribution in [0.15, 0.2) is 79.1 Å². The molecular formula is C28H28N4O3S. The number of fused-ring (bicyclic) bond motifs is 3. The zero-order chi connectivity index (χ0) is 25.3. The lowest BCUT2D eigenvalue weighted by Gasteiger charge is -2.31. The SMILES string of the molecule is CC1(C)S[C@H]2c3ccccc3C(=O)N2[C@@H]1C(=O)N[C@@H](Cc1ccccc1)C(=O)NCc1ccncc1. The van der Waals surface area contributed by atoms with Crippen molar-refractivity contribution in [2.45, 2.75) is 49.0 Å². The summed E-state index contributed by atoms with van der Waals surface area (Å²) in [4.78, 5) is 46.0. The minimum atomic E-state index is -0.790. The highest BCUT2D eigenvalue weighted by Gasteiger charge is 2.57. The summed E-state index contributed by atoms with van der Waals surface area (Å²) < 4.78 is -0.525. The van der Waals surface area contributed by atoms with Crippen molar-refractivity contribution in [3.05, 3.63) is 101 Å². The number of rotatable bonds is 7. The van der Waals surface area contributed by atoms with Crippen LogP contribution in [-0.4, -0.2) is 44.4 Å². The molecular weight excluding hydrogens is 472 g/mol. The van der Waals surface area contributed by atoms with Crippen molar-refractivity contribution in [3.8, 4) is 0 Å². The third-order valence-electron chi connectivity index (χ3n) is 6.68. The molecule has 8 heteroatoms. The molecule has 0 bridgehead atoms. The van der Waals surface area contributed by atoms with Gasteiger partial charge in [0.05, 0.1) is 0 Å². The van der Waals surface area contributed by atoms with Gasteiger partial charge < -0.3 is 15.5 Å². The van der Waals surface area contributed by atoms with Gasteiger partial charge in [-0.2, -0.15) is 0 Å². The highest BCUT2D eigenvalue weighted by atomic mass is 32.2. The Morgan fingerprint density at radius 3 is 2.44 bits per heavy atom. The number of hydrogen-bond donors (Lipinski definition) is 2. The summed E-state index contributed by atoms with van der Waals surface area (Å²) in [6, 6.07) is 19.3. The molecule has 0 radical (unpaired) electrons. The van der Waals surface area contributed by atoms with Crippen molar-refractivity contribution in [2.75, 3.05) is 0 Å². The van der Waals surface area contributed by atoms with Crippen molar-refractivity contribution in [1.29, 1.82) is 0 Å². The fourth-order valence-corrected chi connectivity index (χ4v) is 6.52. The predicted octanol–water partition coefficient (Wildman–Crippen LogP) is 3.47. The van der Waals surface area contributed by atoms with E-state index >= 15 is 0 Å². The Kier molecular flexibility index (Phi) is 6.53. The van der Waals surface area contributed by atoms with Gasteiger partial charge in [-0.3, -0.25) is 19.4 Å². The number of pyridine rings is 1. The van der Waals surface area contributed by atoms with Crippen molar-refractivity contribution >= 4 is 29.5 Å². The standard InChI is InChI=1S/C28H28N4O3S/c1-28(2)23(32-26(35)20-10-6-7-11-21(20)27(32)36-28)25(34)31-22(16-18-8-4-3-5-9-18)24(33)30-17-19-12-14-29-15-13-19/h3-15,22-23,27H,16-17H2,1-2H3,(H,30,33)(H,31,34)/t22-,23+,27-/m0/s1. The van der Waals surface area contributed by atoms with Crippen LogP contribution in [0.4, 0.5) is 0 Å². The lowest BCUT2D eigenvalue weighted by Crippen LogP contribution is -2.57. The molecule has 3 atom stereocenters. The molecule has 3 amide bonds.